The molecule has 4 aliphatic heterocycles. The van der Waals surface area contributed by atoms with Crippen LogP contribution in [0.1, 0.15) is 102 Å². The SMILES string of the molecule is CC(C)N1CCC(Oc2ccc3c(c2)cc2n3CCN(C(C(=O)Nc3ccccc3)C(C(=O)N(C(C)C)C(C)C)N3CCn4c(cc5cc(OC6CCN(C(C)C)CC6)ccc54)C3=O)C2=O)CC1. The van der Waals surface area contributed by atoms with Crippen LogP contribution in [-0.4, -0.2) is 145 Å². The molecule has 362 valence electrons. The van der Waals surface area contributed by atoms with Crippen molar-refractivity contribution >= 4 is 51.1 Å². The Morgan fingerprint density at radius 3 is 1.43 bits per heavy atom. The summed E-state index contributed by atoms with van der Waals surface area (Å²) in [7, 11) is 0. The summed E-state index contributed by atoms with van der Waals surface area (Å²) in [6.07, 6.45) is 4.01. The molecule has 14 nitrogen and oxygen atoms in total. The van der Waals surface area contributed by atoms with Gasteiger partial charge in [-0.25, -0.2) is 0 Å². The molecule has 0 spiro atoms. The predicted molar refractivity (Wildman–Crippen MR) is 266 cm³/mol. The van der Waals surface area contributed by atoms with Crippen LogP contribution in [0.2, 0.25) is 0 Å². The molecule has 4 aliphatic rings. The molecule has 0 radical (unpaired) electrons. The van der Waals surface area contributed by atoms with E-state index in [1.54, 1.807) is 21.9 Å². The highest BCUT2D eigenvalue weighted by atomic mass is 16.5. The van der Waals surface area contributed by atoms with Crippen LogP contribution in [0, 0.1) is 0 Å². The summed E-state index contributed by atoms with van der Waals surface area (Å²) >= 11 is 0. The summed E-state index contributed by atoms with van der Waals surface area (Å²) in [4.78, 5) is 70.8. The van der Waals surface area contributed by atoms with Crippen LogP contribution < -0.4 is 14.8 Å². The number of anilines is 1. The van der Waals surface area contributed by atoms with Gasteiger partial charge in [0.15, 0.2) is 0 Å². The molecule has 68 heavy (non-hydrogen) atoms. The van der Waals surface area contributed by atoms with Gasteiger partial charge in [-0.3, -0.25) is 19.2 Å². The van der Waals surface area contributed by atoms with E-state index < -0.39 is 18.0 Å². The molecule has 2 unspecified atom stereocenters. The number of amides is 4. The summed E-state index contributed by atoms with van der Waals surface area (Å²) in [5, 5.41) is 4.78. The number of carbonyl (C=O) groups excluding carboxylic acids is 4. The lowest BCUT2D eigenvalue weighted by atomic mass is 9.97. The third-order valence-electron chi connectivity index (χ3n) is 14.8. The molecule has 2 aromatic heterocycles. The Morgan fingerprint density at radius 2 is 1.00 bits per heavy atom. The summed E-state index contributed by atoms with van der Waals surface area (Å²) in [5.41, 5.74) is 3.14. The molecule has 2 fully saturated rings. The zero-order valence-electron chi connectivity index (χ0n) is 41.2. The van der Waals surface area contributed by atoms with E-state index in [4.69, 9.17) is 9.47 Å². The predicted octanol–water partition coefficient (Wildman–Crippen LogP) is 7.73. The molecule has 6 heterocycles. The Balaban J connectivity index is 1.05. The summed E-state index contributed by atoms with van der Waals surface area (Å²) in [5.74, 6) is -0.175. The third kappa shape index (κ3) is 9.33. The summed E-state index contributed by atoms with van der Waals surface area (Å²) < 4.78 is 17.0. The van der Waals surface area contributed by atoms with Crippen LogP contribution in [-0.2, 0) is 22.7 Å². The first-order valence-electron chi connectivity index (χ1n) is 25.0. The molecule has 14 heteroatoms. The van der Waals surface area contributed by atoms with E-state index in [0.29, 0.717) is 42.2 Å². The fraction of sp³-hybridized carbons (Fsp3) is 0.519. The normalized spacial score (nSPS) is 18.8. The van der Waals surface area contributed by atoms with E-state index in [2.05, 4.69) is 42.8 Å². The van der Waals surface area contributed by atoms with Crippen LogP contribution in [0.4, 0.5) is 5.69 Å². The van der Waals surface area contributed by atoms with Gasteiger partial charge < -0.3 is 48.4 Å². The van der Waals surface area contributed by atoms with E-state index in [1.165, 1.54) is 4.90 Å². The number of ether oxygens (including phenoxy) is 2. The zero-order chi connectivity index (χ0) is 48.0. The van der Waals surface area contributed by atoms with Crippen molar-refractivity contribution in [1.29, 1.82) is 0 Å². The Morgan fingerprint density at radius 1 is 0.559 bits per heavy atom. The quantitative estimate of drug-likeness (QED) is 0.120. The number of hydrogen-bond donors (Lipinski definition) is 1. The lowest BCUT2D eigenvalue weighted by molar-refractivity contribution is -0.145. The number of piperidine rings is 2. The maximum atomic E-state index is 15.5. The molecule has 4 amide bonds. The molecule has 3 aromatic carbocycles. The Hall–Kier alpha value is -5.86. The van der Waals surface area contributed by atoms with Crippen LogP contribution >= 0.6 is 0 Å². The monoisotopic (exact) mass is 927 g/mol. The van der Waals surface area contributed by atoms with Gasteiger partial charge in [0.2, 0.25) is 11.8 Å². The van der Waals surface area contributed by atoms with Crippen molar-refractivity contribution in [2.45, 2.75) is 143 Å². The number of carbonyl (C=O) groups is 4. The van der Waals surface area contributed by atoms with Crippen molar-refractivity contribution in [1.82, 2.24) is 33.6 Å². The molecule has 2 saturated heterocycles. The fourth-order valence-corrected chi connectivity index (χ4v) is 11.2. The number of nitrogens with one attached hydrogen (secondary N) is 1. The number of rotatable bonds is 14. The minimum atomic E-state index is -1.38. The van der Waals surface area contributed by atoms with E-state index in [-0.39, 0.29) is 55.1 Å². The highest BCUT2D eigenvalue weighted by molar-refractivity contribution is 6.08. The average molecular weight is 927 g/mol. The van der Waals surface area contributed by atoms with Gasteiger partial charge in [-0.2, -0.15) is 0 Å². The second-order valence-corrected chi connectivity index (χ2v) is 20.4. The lowest BCUT2D eigenvalue weighted by Crippen LogP contribution is -2.68. The Kier molecular flexibility index (Phi) is 13.6. The van der Waals surface area contributed by atoms with Crippen molar-refractivity contribution in [3.63, 3.8) is 0 Å². The largest absolute Gasteiger partial charge is 0.490 e. The molecular weight excluding hydrogens is 857 g/mol. The average Bonchev–Trinajstić information content (AvgIpc) is 3.88. The van der Waals surface area contributed by atoms with Crippen LogP contribution in [0.15, 0.2) is 78.9 Å². The van der Waals surface area contributed by atoms with Gasteiger partial charge in [-0.05, 0) is 142 Å². The van der Waals surface area contributed by atoms with Crippen LogP contribution in [0.5, 0.6) is 11.5 Å². The highest BCUT2D eigenvalue weighted by Gasteiger charge is 2.50. The molecule has 0 bridgehead atoms. The number of hydrogen-bond acceptors (Lipinski definition) is 8. The first-order valence-corrected chi connectivity index (χ1v) is 25.0. The van der Waals surface area contributed by atoms with Crippen molar-refractivity contribution < 1.29 is 28.7 Å². The van der Waals surface area contributed by atoms with Gasteiger partial charge in [-0.1, -0.05) is 18.2 Å². The zero-order valence-corrected chi connectivity index (χ0v) is 41.2. The summed E-state index contributed by atoms with van der Waals surface area (Å²) in [6, 6.07) is 22.5. The summed E-state index contributed by atoms with van der Waals surface area (Å²) in [6.45, 7) is 21.7. The Labute approximate surface area is 401 Å². The van der Waals surface area contributed by atoms with E-state index in [1.807, 2.05) is 104 Å². The number of aromatic nitrogens is 2. The van der Waals surface area contributed by atoms with Gasteiger partial charge in [0, 0.05) is 104 Å². The van der Waals surface area contributed by atoms with E-state index in [9.17, 15) is 0 Å². The number of benzene rings is 3. The van der Waals surface area contributed by atoms with Crippen molar-refractivity contribution in [3.8, 4) is 11.5 Å². The fourth-order valence-electron chi connectivity index (χ4n) is 11.2. The number of fused-ring (bicyclic) bond motifs is 6. The maximum Gasteiger partial charge on any atom is 0.271 e. The van der Waals surface area contributed by atoms with Crippen LogP contribution in [0.25, 0.3) is 21.8 Å². The van der Waals surface area contributed by atoms with Gasteiger partial charge >= 0.3 is 0 Å². The first kappa shape index (κ1) is 47.2. The minimum absolute atomic E-state index is 0.111. The Bertz CT molecular complexity index is 2630. The molecule has 1 N–H and O–H groups in total. The second-order valence-electron chi connectivity index (χ2n) is 20.4. The lowest BCUT2D eigenvalue weighted by Gasteiger charge is -2.46. The van der Waals surface area contributed by atoms with Gasteiger partial charge in [0.25, 0.3) is 11.8 Å². The number of nitrogens with zero attached hydrogens (tertiary/aromatic N) is 7. The smallest absolute Gasteiger partial charge is 0.271 e. The van der Waals surface area contributed by atoms with Gasteiger partial charge in [0.05, 0.1) is 0 Å². The first-order chi connectivity index (χ1) is 32.7. The van der Waals surface area contributed by atoms with Crippen molar-refractivity contribution in [3.05, 3.63) is 90.3 Å². The van der Waals surface area contributed by atoms with Crippen molar-refractivity contribution in [2.24, 2.45) is 0 Å². The molecule has 0 saturated carbocycles. The van der Waals surface area contributed by atoms with Gasteiger partial charge in [-0.15, -0.1) is 0 Å². The van der Waals surface area contributed by atoms with Crippen LogP contribution in [0.3, 0.4) is 0 Å². The standard InChI is InChI=1S/C54H70N8O6/c1-34(2)56-22-18-41(19-23-56)67-43-14-16-45-38(30-43)32-47-52(64)60(28-26-58(45)47)49(51(63)55-40-12-10-9-11-13-40)50(54(66)62(36(5)6)37(7)8)61-29-27-59-46-17-15-44(31-39(46)33-48(59)53(61)65)68-42-20-24-57(25-21-42)35(3)4/h9-17,30-37,41-42,49-50H,18-29H2,1-8H3,(H,55,63). The minimum Gasteiger partial charge on any atom is -0.490 e. The van der Waals surface area contributed by atoms with Crippen molar-refractivity contribution in [2.75, 3.05) is 44.6 Å². The van der Waals surface area contributed by atoms with E-state index >= 15 is 19.2 Å². The second kappa shape index (κ2) is 19.6. The molecular formula is C54H70N8O6. The number of para-hydroxylation sites is 1. The van der Waals surface area contributed by atoms with Gasteiger partial charge in [0.1, 0.15) is 47.2 Å². The van der Waals surface area contributed by atoms with E-state index in [0.717, 1.165) is 85.2 Å². The topological polar surface area (TPSA) is 125 Å². The molecule has 0 aliphatic carbocycles. The third-order valence-corrected chi connectivity index (χ3v) is 14.8. The highest BCUT2D eigenvalue weighted by Crippen LogP contribution is 2.34. The maximum absolute atomic E-state index is 15.5. The molecule has 9 rings (SSSR count). The molecule has 2 atom stereocenters. The molecule has 5 aromatic rings. The number of likely N-dealkylation sites (tertiary alicyclic amines) is 2.